The Bertz CT molecular complexity index is 1020. The van der Waals surface area contributed by atoms with Crippen molar-refractivity contribution in [2.24, 2.45) is 0 Å². The standard InChI is InChI=1S/C18H14N2O/c1-11-2-5-17-15(8-11)16(10-20-17)13-4-3-12-6-7-19-18(21)14(12)9-13/h2-10,20H,1H3,(H,19,21). The van der Waals surface area contributed by atoms with E-state index in [1.807, 2.05) is 24.4 Å². The lowest BCUT2D eigenvalue weighted by atomic mass is 10.0. The molecule has 2 heterocycles. The van der Waals surface area contributed by atoms with Gasteiger partial charge >= 0.3 is 0 Å². The second-order valence-electron chi connectivity index (χ2n) is 5.36. The third kappa shape index (κ3) is 1.86. The summed E-state index contributed by atoms with van der Waals surface area (Å²) in [4.78, 5) is 18.0. The summed E-state index contributed by atoms with van der Waals surface area (Å²) in [5, 5.41) is 2.86. The molecule has 0 unspecified atom stereocenters. The van der Waals surface area contributed by atoms with E-state index in [1.54, 1.807) is 6.20 Å². The van der Waals surface area contributed by atoms with Crippen molar-refractivity contribution in [1.29, 1.82) is 0 Å². The van der Waals surface area contributed by atoms with Crippen LogP contribution in [0.2, 0.25) is 0 Å². The lowest BCUT2D eigenvalue weighted by Crippen LogP contribution is -2.04. The van der Waals surface area contributed by atoms with E-state index in [4.69, 9.17) is 0 Å². The first kappa shape index (κ1) is 12.0. The molecule has 3 nitrogen and oxygen atoms in total. The minimum absolute atomic E-state index is 0.0506. The van der Waals surface area contributed by atoms with E-state index in [2.05, 4.69) is 41.2 Å². The summed E-state index contributed by atoms with van der Waals surface area (Å²) in [7, 11) is 0. The van der Waals surface area contributed by atoms with Gasteiger partial charge in [-0.1, -0.05) is 23.8 Å². The Morgan fingerprint density at radius 1 is 0.905 bits per heavy atom. The van der Waals surface area contributed by atoms with Gasteiger partial charge in [-0.25, -0.2) is 0 Å². The van der Waals surface area contributed by atoms with Crippen LogP contribution in [0.15, 0.2) is 59.7 Å². The minimum atomic E-state index is -0.0506. The molecule has 0 bridgehead atoms. The van der Waals surface area contributed by atoms with Gasteiger partial charge in [-0.05, 0) is 42.1 Å². The first-order valence-electron chi connectivity index (χ1n) is 6.92. The second kappa shape index (κ2) is 4.35. The predicted octanol–water partition coefficient (Wildman–Crippen LogP) is 3.98. The zero-order valence-corrected chi connectivity index (χ0v) is 11.6. The highest BCUT2D eigenvalue weighted by Gasteiger charge is 2.08. The molecule has 0 aliphatic rings. The zero-order valence-electron chi connectivity index (χ0n) is 11.6. The van der Waals surface area contributed by atoms with E-state index in [0.717, 1.165) is 27.4 Å². The van der Waals surface area contributed by atoms with E-state index in [9.17, 15) is 4.79 Å². The van der Waals surface area contributed by atoms with Gasteiger partial charge in [0.15, 0.2) is 0 Å². The molecule has 102 valence electrons. The average Bonchev–Trinajstić information content (AvgIpc) is 2.90. The van der Waals surface area contributed by atoms with Gasteiger partial charge in [0.05, 0.1) is 0 Å². The molecule has 2 aromatic heterocycles. The molecule has 4 aromatic rings. The molecule has 0 saturated heterocycles. The Labute approximate surface area is 121 Å². The number of benzene rings is 2. The van der Waals surface area contributed by atoms with Crippen molar-refractivity contribution in [3.05, 3.63) is 70.8 Å². The summed E-state index contributed by atoms with van der Waals surface area (Å²) in [5.41, 5.74) is 4.46. The fourth-order valence-corrected chi connectivity index (χ4v) is 2.82. The van der Waals surface area contributed by atoms with Gasteiger partial charge in [0, 0.05) is 34.2 Å². The maximum Gasteiger partial charge on any atom is 0.255 e. The van der Waals surface area contributed by atoms with Gasteiger partial charge in [0.1, 0.15) is 0 Å². The van der Waals surface area contributed by atoms with Crippen LogP contribution in [-0.2, 0) is 0 Å². The van der Waals surface area contributed by atoms with Crippen molar-refractivity contribution in [3.63, 3.8) is 0 Å². The maximum absolute atomic E-state index is 12.0. The molecule has 0 aliphatic heterocycles. The molecule has 0 aliphatic carbocycles. The number of hydrogen-bond donors (Lipinski definition) is 2. The molecular weight excluding hydrogens is 260 g/mol. The lowest BCUT2D eigenvalue weighted by molar-refractivity contribution is 1.28. The van der Waals surface area contributed by atoms with E-state index < -0.39 is 0 Å². The van der Waals surface area contributed by atoms with Gasteiger partial charge in [-0.3, -0.25) is 4.79 Å². The number of pyridine rings is 1. The van der Waals surface area contributed by atoms with Crippen LogP contribution in [0.3, 0.4) is 0 Å². The van der Waals surface area contributed by atoms with Gasteiger partial charge in [-0.15, -0.1) is 0 Å². The SMILES string of the molecule is Cc1ccc2[nH]cc(-c3ccc4cc[nH]c(=O)c4c3)c2c1. The van der Waals surface area contributed by atoms with Crippen LogP contribution in [0.25, 0.3) is 32.8 Å². The molecule has 0 spiro atoms. The normalized spacial score (nSPS) is 11.3. The molecule has 0 amide bonds. The Hall–Kier alpha value is -2.81. The van der Waals surface area contributed by atoms with Crippen LogP contribution >= 0.6 is 0 Å². The van der Waals surface area contributed by atoms with Gasteiger partial charge in [0.2, 0.25) is 0 Å². The predicted molar refractivity (Wildman–Crippen MR) is 86.6 cm³/mol. The second-order valence-corrected chi connectivity index (χ2v) is 5.36. The summed E-state index contributed by atoms with van der Waals surface area (Å²) >= 11 is 0. The molecule has 3 heteroatoms. The van der Waals surface area contributed by atoms with E-state index in [1.165, 1.54) is 10.9 Å². The molecule has 0 radical (unpaired) electrons. The highest BCUT2D eigenvalue weighted by molar-refractivity contribution is 5.98. The van der Waals surface area contributed by atoms with Crippen LogP contribution in [-0.4, -0.2) is 9.97 Å². The van der Waals surface area contributed by atoms with Crippen molar-refractivity contribution >= 4 is 21.7 Å². The number of rotatable bonds is 1. The Morgan fingerprint density at radius 3 is 2.71 bits per heavy atom. The number of aromatic amines is 2. The molecule has 0 saturated carbocycles. The molecule has 2 N–H and O–H groups in total. The smallest absolute Gasteiger partial charge is 0.255 e. The monoisotopic (exact) mass is 274 g/mol. The van der Waals surface area contributed by atoms with Crippen LogP contribution in [0.1, 0.15) is 5.56 Å². The Morgan fingerprint density at radius 2 is 1.81 bits per heavy atom. The Balaban J connectivity index is 2.02. The van der Waals surface area contributed by atoms with Gasteiger partial charge in [0.25, 0.3) is 5.56 Å². The van der Waals surface area contributed by atoms with Gasteiger partial charge in [-0.2, -0.15) is 0 Å². The molecule has 4 rings (SSSR count). The van der Waals surface area contributed by atoms with Crippen LogP contribution < -0.4 is 5.56 Å². The largest absolute Gasteiger partial charge is 0.361 e. The lowest BCUT2D eigenvalue weighted by Gasteiger charge is -2.03. The van der Waals surface area contributed by atoms with E-state index in [0.29, 0.717) is 0 Å². The van der Waals surface area contributed by atoms with Crippen molar-refractivity contribution in [1.82, 2.24) is 9.97 Å². The maximum atomic E-state index is 12.0. The highest BCUT2D eigenvalue weighted by Crippen LogP contribution is 2.30. The molecule has 21 heavy (non-hydrogen) atoms. The fourth-order valence-electron chi connectivity index (χ4n) is 2.82. The number of aryl methyl sites for hydroxylation is 1. The van der Waals surface area contributed by atoms with Crippen LogP contribution in [0, 0.1) is 6.92 Å². The summed E-state index contributed by atoms with van der Waals surface area (Å²) in [6.07, 6.45) is 3.68. The number of H-pyrrole nitrogens is 2. The van der Waals surface area contributed by atoms with Crippen LogP contribution in [0.4, 0.5) is 0 Å². The number of aromatic nitrogens is 2. The van der Waals surface area contributed by atoms with Crippen molar-refractivity contribution in [3.8, 4) is 11.1 Å². The number of nitrogens with one attached hydrogen (secondary N) is 2. The van der Waals surface area contributed by atoms with E-state index >= 15 is 0 Å². The summed E-state index contributed by atoms with van der Waals surface area (Å²) < 4.78 is 0. The quantitative estimate of drug-likeness (QED) is 0.542. The summed E-state index contributed by atoms with van der Waals surface area (Å²) in [6.45, 7) is 2.08. The van der Waals surface area contributed by atoms with Crippen molar-refractivity contribution < 1.29 is 0 Å². The molecular formula is C18H14N2O. The third-order valence-electron chi connectivity index (χ3n) is 3.92. The molecule has 0 atom stereocenters. The highest BCUT2D eigenvalue weighted by atomic mass is 16.1. The number of hydrogen-bond acceptors (Lipinski definition) is 1. The van der Waals surface area contributed by atoms with Crippen molar-refractivity contribution in [2.75, 3.05) is 0 Å². The third-order valence-corrected chi connectivity index (χ3v) is 3.92. The Kier molecular flexibility index (Phi) is 2.48. The molecule has 0 fully saturated rings. The van der Waals surface area contributed by atoms with Crippen molar-refractivity contribution in [2.45, 2.75) is 6.92 Å². The first-order chi connectivity index (χ1) is 10.2. The van der Waals surface area contributed by atoms with Gasteiger partial charge < -0.3 is 9.97 Å². The first-order valence-corrected chi connectivity index (χ1v) is 6.92. The zero-order chi connectivity index (χ0) is 14.4. The summed E-state index contributed by atoms with van der Waals surface area (Å²) in [6, 6.07) is 14.3. The summed E-state index contributed by atoms with van der Waals surface area (Å²) in [5.74, 6) is 0. The van der Waals surface area contributed by atoms with Crippen LogP contribution in [0.5, 0.6) is 0 Å². The topological polar surface area (TPSA) is 48.6 Å². The average molecular weight is 274 g/mol. The number of fused-ring (bicyclic) bond motifs is 2. The molecule has 2 aromatic carbocycles. The minimum Gasteiger partial charge on any atom is -0.361 e. The fraction of sp³-hybridized carbons (Fsp3) is 0.0556. The van der Waals surface area contributed by atoms with E-state index in [-0.39, 0.29) is 5.56 Å².